The quantitative estimate of drug-likeness (QED) is 0.227. The molecule has 1 atom stereocenters. The van der Waals surface area contributed by atoms with Crippen molar-refractivity contribution in [3.8, 4) is 11.5 Å². The molecule has 1 unspecified atom stereocenters. The minimum Gasteiger partial charge on any atom is -0.317 e. The third-order valence-electron chi connectivity index (χ3n) is 2.47. The van der Waals surface area contributed by atoms with E-state index in [-0.39, 0.29) is 6.04 Å². The second-order valence-corrected chi connectivity index (χ2v) is 10.2. The topological polar surface area (TPSA) is 32.3 Å². The van der Waals surface area contributed by atoms with Gasteiger partial charge in [-0.25, -0.2) is 5.48 Å². The van der Waals surface area contributed by atoms with Crippen molar-refractivity contribution in [1.29, 1.82) is 0 Å². The molecule has 0 rings (SSSR count). The van der Waals surface area contributed by atoms with E-state index in [9.17, 15) is 0 Å². The van der Waals surface area contributed by atoms with Crippen LogP contribution in [0.25, 0.3) is 0 Å². The Morgan fingerprint density at radius 3 is 2.53 bits per heavy atom. The summed E-state index contributed by atoms with van der Waals surface area (Å²) >= 11 is 0. The van der Waals surface area contributed by atoms with Crippen molar-refractivity contribution >= 4 is 8.07 Å². The Kier molecular flexibility index (Phi) is 9.15. The van der Waals surface area contributed by atoms with E-state index in [1.165, 1.54) is 0 Å². The normalized spacial score (nSPS) is 12.7. The van der Waals surface area contributed by atoms with Crippen LogP contribution in [0.5, 0.6) is 0 Å². The molecule has 0 aliphatic carbocycles. The highest BCUT2D eigenvalue weighted by atomic mass is 28.3. The summed E-state index contributed by atoms with van der Waals surface area (Å²) < 4.78 is 0. The Hall–Kier alpha value is -0.563. The van der Waals surface area contributed by atoms with Gasteiger partial charge in [0.25, 0.3) is 0 Å². The van der Waals surface area contributed by atoms with Crippen molar-refractivity contribution in [2.45, 2.75) is 64.2 Å². The first-order valence-corrected chi connectivity index (χ1v) is 10.00. The number of hydrogen-bond donors (Lipinski definition) is 2. The highest BCUT2D eigenvalue weighted by Crippen LogP contribution is 2.08. The zero-order valence-corrected chi connectivity index (χ0v) is 12.6. The molecule has 0 saturated carbocycles. The highest BCUT2D eigenvalue weighted by Gasteiger charge is 2.07. The monoisotopic (exact) mass is 253 g/mol. The van der Waals surface area contributed by atoms with Crippen LogP contribution in [-0.4, -0.2) is 19.3 Å². The molecule has 0 amide bonds. The molecule has 0 bridgehead atoms. The fourth-order valence-corrected chi connectivity index (χ4v) is 2.18. The molecule has 0 aromatic rings. The van der Waals surface area contributed by atoms with Gasteiger partial charge in [-0.2, -0.15) is 0 Å². The van der Waals surface area contributed by atoms with Gasteiger partial charge in [0.05, 0.1) is 0 Å². The summed E-state index contributed by atoms with van der Waals surface area (Å²) in [5, 5.41) is 8.96. The van der Waals surface area contributed by atoms with Gasteiger partial charge in [0.1, 0.15) is 8.07 Å². The third-order valence-corrected chi connectivity index (χ3v) is 3.40. The van der Waals surface area contributed by atoms with E-state index < -0.39 is 8.07 Å². The maximum Gasteiger partial charge on any atom is 0.129 e. The van der Waals surface area contributed by atoms with Crippen LogP contribution < -0.4 is 5.48 Å². The minimum absolute atomic E-state index is 0.206. The predicted octanol–water partition coefficient (Wildman–Crippen LogP) is 3.74. The molecule has 0 fully saturated rings. The van der Waals surface area contributed by atoms with Gasteiger partial charge < -0.3 is 5.21 Å². The molecule has 0 spiro atoms. The van der Waals surface area contributed by atoms with Crippen molar-refractivity contribution < 1.29 is 5.21 Å². The number of nitrogens with one attached hydrogen (secondary N) is 1. The van der Waals surface area contributed by atoms with Gasteiger partial charge in [0.2, 0.25) is 0 Å². The van der Waals surface area contributed by atoms with Gasteiger partial charge in [0.15, 0.2) is 0 Å². The lowest BCUT2D eigenvalue weighted by atomic mass is 10.0. The second kappa shape index (κ2) is 9.47. The molecular formula is C14H27NOSi. The van der Waals surface area contributed by atoms with Crippen molar-refractivity contribution in [2.24, 2.45) is 0 Å². The molecular weight excluding hydrogens is 226 g/mol. The van der Waals surface area contributed by atoms with E-state index in [0.717, 1.165) is 38.5 Å². The summed E-state index contributed by atoms with van der Waals surface area (Å²) in [6.07, 6.45) is 8.06. The van der Waals surface area contributed by atoms with Gasteiger partial charge in [-0.05, 0) is 25.7 Å². The van der Waals surface area contributed by atoms with Gasteiger partial charge >= 0.3 is 0 Å². The maximum atomic E-state index is 8.96. The number of rotatable bonds is 8. The number of allylic oxidation sites excluding steroid dienone is 1. The summed E-state index contributed by atoms with van der Waals surface area (Å²) in [6.45, 7) is 10.5. The first-order valence-electron chi connectivity index (χ1n) is 6.50. The lowest BCUT2D eigenvalue weighted by molar-refractivity contribution is 0.116. The van der Waals surface area contributed by atoms with E-state index in [0.29, 0.717) is 0 Å². The molecule has 0 saturated heterocycles. The fraction of sp³-hybridized carbons (Fsp3) is 0.714. The van der Waals surface area contributed by atoms with Crippen molar-refractivity contribution in [2.75, 3.05) is 0 Å². The van der Waals surface area contributed by atoms with Crippen LogP contribution in [-0.2, 0) is 0 Å². The molecule has 3 heteroatoms. The third kappa shape index (κ3) is 11.7. The Morgan fingerprint density at radius 1 is 1.29 bits per heavy atom. The second-order valence-electron chi connectivity index (χ2n) is 5.49. The van der Waals surface area contributed by atoms with Gasteiger partial charge in [-0.3, -0.25) is 0 Å². The van der Waals surface area contributed by atoms with Crippen molar-refractivity contribution in [3.05, 3.63) is 12.7 Å². The summed E-state index contributed by atoms with van der Waals surface area (Å²) in [4.78, 5) is 0. The Labute approximate surface area is 107 Å². The van der Waals surface area contributed by atoms with E-state index in [1.54, 1.807) is 0 Å². The highest BCUT2D eigenvalue weighted by molar-refractivity contribution is 6.83. The fourth-order valence-electron chi connectivity index (χ4n) is 1.52. The zero-order chi connectivity index (χ0) is 13.1. The largest absolute Gasteiger partial charge is 0.317 e. The molecule has 0 aliphatic rings. The average molecular weight is 253 g/mol. The van der Waals surface area contributed by atoms with Crippen LogP contribution in [0.3, 0.4) is 0 Å². The summed E-state index contributed by atoms with van der Waals surface area (Å²) in [6, 6.07) is 0.206. The molecule has 17 heavy (non-hydrogen) atoms. The molecule has 0 aliphatic heterocycles. The molecule has 2 nitrogen and oxygen atoms in total. The Balaban J connectivity index is 3.60. The van der Waals surface area contributed by atoms with Gasteiger partial charge in [-0.15, -0.1) is 18.0 Å². The SMILES string of the molecule is C=CCCC(CCCCC#C[Si](C)(C)C)NO. The molecule has 0 radical (unpaired) electrons. The first kappa shape index (κ1) is 16.4. The number of hydrogen-bond acceptors (Lipinski definition) is 2. The van der Waals surface area contributed by atoms with Crippen LogP contribution >= 0.6 is 0 Å². The first-order chi connectivity index (χ1) is 7.99. The lowest BCUT2D eigenvalue weighted by Crippen LogP contribution is -2.25. The Morgan fingerprint density at radius 2 is 2.00 bits per heavy atom. The lowest BCUT2D eigenvalue weighted by Gasteiger charge is -2.12. The van der Waals surface area contributed by atoms with Crippen LogP contribution in [0.1, 0.15) is 38.5 Å². The van der Waals surface area contributed by atoms with Gasteiger partial charge in [0, 0.05) is 12.5 Å². The van der Waals surface area contributed by atoms with Crippen LogP contribution in [0.15, 0.2) is 12.7 Å². The predicted molar refractivity (Wildman–Crippen MR) is 77.7 cm³/mol. The summed E-state index contributed by atoms with van der Waals surface area (Å²) in [5.41, 5.74) is 5.74. The van der Waals surface area contributed by atoms with Gasteiger partial charge in [-0.1, -0.05) is 32.1 Å². The summed E-state index contributed by atoms with van der Waals surface area (Å²) in [7, 11) is -1.19. The molecule has 0 heterocycles. The van der Waals surface area contributed by atoms with Crippen LogP contribution in [0.2, 0.25) is 19.6 Å². The number of unbranched alkanes of at least 4 members (excludes halogenated alkanes) is 2. The minimum atomic E-state index is -1.19. The van der Waals surface area contributed by atoms with E-state index >= 15 is 0 Å². The van der Waals surface area contributed by atoms with Crippen molar-refractivity contribution in [1.82, 2.24) is 5.48 Å². The van der Waals surface area contributed by atoms with E-state index in [4.69, 9.17) is 5.21 Å². The molecule has 0 aromatic heterocycles. The van der Waals surface area contributed by atoms with E-state index in [1.807, 2.05) is 6.08 Å². The molecule has 2 N–H and O–H groups in total. The zero-order valence-electron chi connectivity index (χ0n) is 11.6. The standard InChI is InChI=1S/C14H27NOSi/c1-5-6-11-14(15-16)12-9-7-8-10-13-17(2,3)4/h5,14-16H,1,6-9,11-12H2,2-4H3. The van der Waals surface area contributed by atoms with E-state index in [2.05, 4.69) is 43.2 Å². The summed E-state index contributed by atoms with van der Waals surface area (Å²) in [5.74, 6) is 3.27. The maximum absolute atomic E-state index is 8.96. The number of hydroxylamine groups is 1. The average Bonchev–Trinajstić information content (AvgIpc) is 2.25. The molecule has 0 aromatic carbocycles. The molecule has 98 valence electrons. The Bertz CT molecular complexity index is 260. The van der Waals surface area contributed by atoms with Crippen molar-refractivity contribution in [3.63, 3.8) is 0 Å². The smallest absolute Gasteiger partial charge is 0.129 e. The van der Waals surface area contributed by atoms with Crippen LogP contribution in [0.4, 0.5) is 0 Å². The van der Waals surface area contributed by atoms with Crippen LogP contribution in [0, 0.1) is 11.5 Å².